The third-order valence-corrected chi connectivity index (χ3v) is 1.66. The van der Waals surface area contributed by atoms with Crippen LogP contribution in [0.25, 0.3) is 0 Å². The van der Waals surface area contributed by atoms with Gasteiger partial charge in [-0.05, 0) is 13.6 Å². The van der Waals surface area contributed by atoms with Gasteiger partial charge in [-0.25, -0.2) is 0 Å². The minimum atomic E-state index is 1.17. The molecule has 1 rings (SSSR count). The summed E-state index contributed by atoms with van der Waals surface area (Å²) >= 11 is 0. The topological polar surface area (TPSA) is 41.3 Å². The maximum Gasteiger partial charge on any atom is 0.0107 e. The van der Waals surface area contributed by atoms with Gasteiger partial charge in [0.1, 0.15) is 0 Å². The second kappa shape index (κ2) is 6.99. The van der Waals surface area contributed by atoms with Gasteiger partial charge in [0.05, 0.1) is 0 Å². The quantitative estimate of drug-likeness (QED) is 0.522. The van der Waals surface area contributed by atoms with Crippen molar-refractivity contribution in [2.75, 3.05) is 39.8 Å². The van der Waals surface area contributed by atoms with Crippen molar-refractivity contribution in [3.63, 3.8) is 0 Å². The van der Waals surface area contributed by atoms with Crippen LogP contribution in [0.5, 0.6) is 0 Å². The Bertz CT molecular complexity index is 59.9. The first kappa shape index (κ1) is 9.88. The number of nitrogens with zero attached hydrogens (tertiary/aromatic N) is 1. The molecule has 3 heteroatoms. The zero-order chi connectivity index (χ0) is 7.82. The third-order valence-electron chi connectivity index (χ3n) is 1.66. The first-order valence-electron chi connectivity index (χ1n) is 3.94. The summed E-state index contributed by atoms with van der Waals surface area (Å²) in [5, 5.41) is 3.31. The summed E-state index contributed by atoms with van der Waals surface area (Å²) in [7, 11) is 1.50. The molecule has 0 aromatic carbocycles. The van der Waals surface area contributed by atoms with E-state index in [0.29, 0.717) is 0 Å². The number of hydrogen-bond acceptors (Lipinski definition) is 3. The second-order valence-corrected chi connectivity index (χ2v) is 2.18. The Kier molecular flexibility index (Phi) is 6.91. The molecule has 0 atom stereocenters. The maximum atomic E-state index is 4.50. The third kappa shape index (κ3) is 3.82. The smallest absolute Gasteiger partial charge is 0.0107 e. The normalized spacial score (nSPS) is 19.5. The fraction of sp³-hybridized carbons (Fsp3) is 1.00. The molecule has 10 heavy (non-hydrogen) atoms. The lowest BCUT2D eigenvalue weighted by Gasteiger charge is -2.25. The summed E-state index contributed by atoms with van der Waals surface area (Å²) in [6.45, 7) is 8.24. The summed E-state index contributed by atoms with van der Waals surface area (Å²) < 4.78 is 0. The highest BCUT2D eigenvalue weighted by atomic mass is 15.2. The average molecular weight is 145 g/mol. The van der Waals surface area contributed by atoms with Crippen molar-refractivity contribution in [1.82, 2.24) is 10.2 Å². The van der Waals surface area contributed by atoms with Gasteiger partial charge in [0.25, 0.3) is 0 Å². The second-order valence-electron chi connectivity index (χ2n) is 2.18. The zero-order valence-corrected chi connectivity index (χ0v) is 7.06. The molecule has 1 saturated heterocycles. The van der Waals surface area contributed by atoms with E-state index in [1.54, 1.807) is 0 Å². The molecule has 3 N–H and O–H groups in total. The lowest BCUT2D eigenvalue weighted by molar-refractivity contribution is 0.253. The molecule has 1 aliphatic rings. The van der Waals surface area contributed by atoms with Crippen molar-refractivity contribution in [1.29, 1.82) is 0 Å². The molecule has 0 saturated carbocycles. The Balaban J connectivity index is 0.000000371. The Morgan fingerprint density at radius 1 is 1.30 bits per heavy atom. The lowest BCUT2D eigenvalue weighted by atomic mass is 10.4. The van der Waals surface area contributed by atoms with Gasteiger partial charge >= 0.3 is 0 Å². The largest absolute Gasteiger partial charge is 0.333 e. The minimum Gasteiger partial charge on any atom is -0.333 e. The van der Waals surface area contributed by atoms with Crippen LogP contribution in [0.3, 0.4) is 0 Å². The van der Waals surface area contributed by atoms with Crippen LogP contribution < -0.4 is 11.1 Å². The van der Waals surface area contributed by atoms with Crippen LogP contribution in [0, 0.1) is 0 Å². The summed E-state index contributed by atoms with van der Waals surface area (Å²) in [6.07, 6.45) is 0. The molecule has 0 aromatic rings. The van der Waals surface area contributed by atoms with Gasteiger partial charge in [0, 0.05) is 26.2 Å². The molecule has 0 unspecified atom stereocenters. The predicted octanol–water partition coefficient (Wildman–Crippen LogP) is -0.514. The van der Waals surface area contributed by atoms with E-state index in [2.05, 4.69) is 22.9 Å². The van der Waals surface area contributed by atoms with Gasteiger partial charge in [-0.3, -0.25) is 0 Å². The van der Waals surface area contributed by atoms with E-state index in [4.69, 9.17) is 0 Å². The van der Waals surface area contributed by atoms with Crippen LogP contribution in [0.2, 0.25) is 0 Å². The molecule has 0 bridgehead atoms. The molecular weight excluding hydrogens is 126 g/mol. The van der Waals surface area contributed by atoms with E-state index in [9.17, 15) is 0 Å². The first-order chi connectivity index (χ1) is 4.93. The average Bonchev–Trinajstić information content (AvgIpc) is 2.10. The van der Waals surface area contributed by atoms with Crippen LogP contribution in [-0.4, -0.2) is 44.7 Å². The molecule has 0 radical (unpaired) electrons. The summed E-state index contributed by atoms with van der Waals surface area (Å²) in [5.41, 5.74) is 4.50. The Hall–Kier alpha value is -0.120. The highest BCUT2D eigenvalue weighted by Gasteiger charge is 2.04. The van der Waals surface area contributed by atoms with Gasteiger partial charge in [0.15, 0.2) is 0 Å². The van der Waals surface area contributed by atoms with Crippen molar-refractivity contribution in [3.05, 3.63) is 0 Å². The summed E-state index contributed by atoms with van der Waals surface area (Å²) in [4.78, 5) is 2.45. The van der Waals surface area contributed by atoms with E-state index in [1.807, 2.05) is 0 Å². The number of rotatable bonds is 1. The predicted molar refractivity (Wildman–Crippen MR) is 45.1 cm³/mol. The number of nitrogens with one attached hydrogen (secondary N) is 1. The molecule has 1 heterocycles. The molecular formula is C7H19N3. The lowest BCUT2D eigenvalue weighted by Crippen LogP contribution is -2.43. The Labute approximate surface area is 63.6 Å². The van der Waals surface area contributed by atoms with Crippen molar-refractivity contribution in [2.24, 2.45) is 5.73 Å². The van der Waals surface area contributed by atoms with E-state index >= 15 is 0 Å². The Morgan fingerprint density at radius 2 is 1.80 bits per heavy atom. The first-order valence-corrected chi connectivity index (χ1v) is 3.94. The van der Waals surface area contributed by atoms with Crippen molar-refractivity contribution < 1.29 is 0 Å². The SMILES string of the molecule is CCN1CCNCC1.CN. The van der Waals surface area contributed by atoms with Crippen LogP contribution in [0.1, 0.15) is 6.92 Å². The minimum absolute atomic E-state index is 1.17. The van der Waals surface area contributed by atoms with Gasteiger partial charge in [0.2, 0.25) is 0 Å². The summed E-state index contributed by atoms with van der Waals surface area (Å²) in [5.74, 6) is 0. The molecule has 0 spiro atoms. The van der Waals surface area contributed by atoms with E-state index < -0.39 is 0 Å². The number of nitrogens with two attached hydrogens (primary N) is 1. The van der Waals surface area contributed by atoms with Crippen LogP contribution >= 0.6 is 0 Å². The number of piperazine rings is 1. The van der Waals surface area contributed by atoms with E-state index in [-0.39, 0.29) is 0 Å². The number of likely N-dealkylation sites (N-methyl/N-ethyl adjacent to an activating group) is 1. The highest BCUT2D eigenvalue weighted by Crippen LogP contribution is 1.88. The number of hydrogen-bond donors (Lipinski definition) is 2. The van der Waals surface area contributed by atoms with Gasteiger partial charge in [-0.1, -0.05) is 6.92 Å². The van der Waals surface area contributed by atoms with Crippen LogP contribution in [0.4, 0.5) is 0 Å². The zero-order valence-electron chi connectivity index (χ0n) is 7.06. The molecule has 1 aliphatic heterocycles. The van der Waals surface area contributed by atoms with Gasteiger partial charge in [-0.2, -0.15) is 0 Å². The molecule has 0 amide bonds. The molecule has 3 nitrogen and oxygen atoms in total. The van der Waals surface area contributed by atoms with Crippen molar-refractivity contribution in [3.8, 4) is 0 Å². The van der Waals surface area contributed by atoms with E-state index in [0.717, 1.165) is 0 Å². The highest BCUT2D eigenvalue weighted by molar-refractivity contribution is 4.64. The van der Waals surface area contributed by atoms with Crippen molar-refractivity contribution in [2.45, 2.75) is 6.92 Å². The summed E-state index contributed by atoms with van der Waals surface area (Å²) in [6, 6.07) is 0. The molecule has 1 fully saturated rings. The fourth-order valence-corrected chi connectivity index (χ4v) is 1.03. The molecule has 62 valence electrons. The molecule has 0 aliphatic carbocycles. The van der Waals surface area contributed by atoms with Crippen LogP contribution in [-0.2, 0) is 0 Å². The van der Waals surface area contributed by atoms with Gasteiger partial charge in [-0.15, -0.1) is 0 Å². The monoisotopic (exact) mass is 145 g/mol. The standard InChI is InChI=1S/C6H14N2.CH5N/c1-2-8-5-3-7-4-6-8;1-2/h7H,2-6H2,1H3;2H2,1H3. The Morgan fingerprint density at radius 3 is 2.10 bits per heavy atom. The fourth-order valence-electron chi connectivity index (χ4n) is 1.03. The van der Waals surface area contributed by atoms with E-state index in [1.165, 1.54) is 39.8 Å². The van der Waals surface area contributed by atoms with Crippen molar-refractivity contribution >= 4 is 0 Å². The maximum absolute atomic E-state index is 4.50. The van der Waals surface area contributed by atoms with Gasteiger partial charge < -0.3 is 16.0 Å². The molecule has 0 aromatic heterocycles. The van der Waals surface area contributed by atoms with Crippen LogP contribution in [0.15, 0.2) is 0 Å².